The van der Waals surface area contributed by atoms with E-state index in [9.17, 15) is 4.79 Å². The Morgan fingerprint density at radius 1 is 1.17 bits per heavy atom. The van der Waals surface area contributed by atoms with Gasteiger partial charge in [-0.3, -0.25) is 10.0 Å². The van der Waals surface area contributed by atoms with Crippen LogP contribution in [0.15, 0.2) is 54.6 Å². The van der Waals surface area contributed by atoms with Crippen LogP contribution in [0.25, 0.3) is 17.1 Å². The summed E-state index contributed by atoms with van der Waals surface area (Å²) >= 11 is 0. The standard InChI is InChI=1S/C24H30N4O2/c1-3-15-27(2)16-17-28-22-12-9-20(11-14-24(29)26-30)18-21(22)25-23(28)13-10-19-7-5-4-6-8-19/h4-9,11-12,14,18,30H,3,10,13,15-17H2,1-2H3,(H,26,29). The average molecular weight is 407 g/mol. The van der Waals surface area contributed by atoms with Crippen molar-refractivity contribution in [2.24, 2.45) is 0 Å². The monoisotopic (exact) mass is 406 g/mol. The van der Waals surface area contributed by atoms with Crippen LogP contribution >= 0.6 is 0 Å². The first kappa shape index (κ1) is 21.7. The van der Waals surface area contributed by atoms with Gasteiger partial charge in [0, 0.05) is 25.6 Å². The number of imidazole rings is 1. The van der Waals surface area contributed by atoms with Crippen LogP contribution in [-0.4, -0.2) is 45.7 Å². The lowest BCUT2D eigenvalue weighted by Crippen LogP contribution is -2.24. The second-order valence-corrected chi connectivity index (χ2v) is 7.53. The number of hydrogen-bond acceptors (Lipinski definition) is 4. The summed E-state index contributed by atoms with van der Waals surface area (Å²) in [6.07, 6.45) is 5.92. The van der Waals surface area contributed by atoms with Gasteiger partial charge in [0.25, 0.3) is 5.91 Å². The molecule has 1 aromatic heterocycles. The van der Waals surface area contributed by atoms with Crippen molar-refractivity contribution < 1.29 is 10.0 Å². The molecule has 1 heterocycles. The molecule has 0 unspecified atom stereocenters. The number of nitrogens with one attached hydrogen (secondary N) is 1. The van der Waals surface area contributed by atoms with Crippen LogP contribution in [0.2, 0.25) is 0 Å². The third-order valence-corrected chi connectivity index (χ3v) is 5.18. The van der Waals surface area contributed by atoms with E-state index in [1.165, 1.54) is 11.6 Å². The molecule has 0 fully saturated rings. The highest BCUT2D eigenvalue weighted by Crippen LogP contribution is 2.20. The third kappa shape index (κ3) is 5.78. The normalized spacial score (nSPS) is 11.6. The lowest BCUT2D eigenvalue weighted by Gasteiger charge is -2.17. The van der Waals surface area contributed by atoms with Gasteiger partial charge in [-0.25, -0.2) is 10.5 Å². The van der Waals surface area contributed by atoms with E-state index in [4.69, 9.17) is 10.2 Å². The minimum atomic E-state index is -0.553. The van der Waals surface area contributed by atoms with E-state index >= 15 is 0 Å². The number of fused-ring (bicyclic) bond motifs is 1. The van der Waals surface area contributed by atoms with Gasteiger partial charge >= 0.3 is 0 Å². The minimum absolute atomic E-state index is 0.553. The van der Waals surface area contributed by atoms with Gasteiger partial charge in [-0.1, -0.05) is 43.3 Å². The predicted molar refractivity (Wildman–Crippen MR) is 120 cm³/mol. The number of aromatic nitrogens is 2. The molecule has 6 heteroatoms. The molecule has 6 nitrogen and oxygen atoms in total. The van der Waals surface area contributed by atoms with Gasteiger partial charge in [0.2, 0.25) is 0 Å². The zero-order chi connectivity index (χ0) is 21.3. The van der Waals surface area contributed by atoms with Crippen LogP contribution in [-0.2, 0) is 24.2 Å². The van der Waals surface area contributed by atoms with E-state index in [1.807, 2.05) is 18.2 Å². The van der Waals surface area contributed by atoms with E-state index in [2.05, 4.69) is 53.8 Å². The molecule has 2 aromatic carbocycles. The van der Waals surface area contributed by atoms with E-state index in [1.54, 1.807) is 11.6 Å². The number of hydroxylamine groups is 1. The molecule has 30 heavy (non-hydrogen) atoms. The smallest absolute Gasteiger partial charge is 0.267 e. The largest absolute Gasteiger partial charge is 0.327 e. The van der Waals surface area contributed by atoms with Crippen molar-refractivity contribution in [3.63, 3.8) is 0 Å². The van der Waals surface area contributed by atoms with Crippen molar-refractivity contribution in [1.29, 1.82) is 0 Å². The Morgan fingerprint density at radius 3 is 2.70 bits per heavy atom. The summed E-state index contributed by atoms with van der Waals surface area (Å²) in [5.41, 5.74) is 5.80. The number of amides is 1. The second-order valence-electron chi connectivity index (χ2n) is 7.53. The molecule has 3 rings (SSSR count). The molecule has 0 spiro atoms. The third-order valence-electron chi connectivity index (χ3n) is 5.18. The van der Waals surface area contributed by atoms with Gasteiger partial charge in [0.1, 0.15) is 5.82 Å². The first-order valence-electron chi connectivity index (χ1n) is 10.4. The molecule has 0 bridgehead atoms. The number of likely N-dealkylation sites (N-methyl/N-ethyl adjacent to an activating group) is 1. The lowest BCUT2D eigenvalue weighted by atomic mass is 10.1. The second kappa shape index (κ2) is 10.7. The zero-order valence-electron chi connectivity index (χ0n) is 17.7. The van der Waals surface area contributed by atoms with Gasteiger partial charge in [0.15, 0.2) is 0 Å². The Balaban J connectivity index is 1.87. The number of aryl methyl sites for hydroxylation is 2. The van der Waals surface area contributed by atoms with Crippen LogP contribution in [0.5, 0.6) is 0 Å². The summed E-state index contributed by atoms with van der Waals surface area (Å²) in [4.78, 5) is 18.5. The van der Waals surface area contributed by atoms with Gasteiger partial charge in [-0.15, -0.1) is 0 Å². The maximum Gasteiger partial charge on any atom is 0.267 e. The summed E-state index contributed by atoms with van der Waals surface area (Å²) in [6, 6.07) is 16.5. The Kier molecular flexibility index (Phi) is 7.76. The topological polar surface area (TPSA) is 70.4 Å². The molecule has 0 aliphatic rings. The van der Waals surface area contributed by atoms with Crippen molar-refractivity contribution in [2.75, 3.05) is 20.1 Å². The zero-order valence-corrected chi connectivity index (χ0v) is 17.7. The molecule has 0 radical (unpaired) electrons. The molecule has 0 saturated heterocycles. The minimum Gasteiger partial charge on any atom is -0.327 e. The maximum absolute atomic E-state index is 11.3. The van der Waals surface area contributed by atoms with Crippen LogP contribution in [0.3, 0.4) is 0 Å². The van der Waals surface area contributed by atoms with Gasteiger partial charge in [0.05, 0.1) is 11.0 Å². The number of carbonyl (C=O) groups is 1. The fourth-order valence-corrected chi connectivity index (χ4v) is 3.61. The molecular weight excluding hydrogens is 376 g/mol. The molecular formula is C24H30N4O2. The first-order valence-corrected chi connectivity index (χ1v) is 10.4. The Morgan fingerprint density at radius 2 is 1.97 bits per heavy atom. The van der Waals surface area contributed by atoms with Gasteiger partial charge < -0.3 is 9.47 Å². The van der Waals surface area contributed by atoms with E-state index < -0.39 is 5.91 Å². The highest BCUT2D eigenvalue weighted by Gasteiger charge is 2.12. The van der Waals surface area contributed by atoms with Gasteiger partial charge in [-0.2, -0.15) is 0 Å². The van der Waals surface area contributed by atoms with Crippen LogP contribution < -0.4 is 5.48 Å². The highest BCUT2D eigenvalue weighted by molar-refractivity contribution is 5.91. The first-order chi connectivity index (χ1) is 14.6. The van der Waals surface area contributed by atoms with Crippen molar-refractivity contribution in [3.05, 3.63) is 71.6 Å². The fourth-order valence-electron chi connectivity index (χ4n) is 3.61. The molecule has 0 aliphatic heterocycles. The summed E-state index contributed by atoms with van der Waals surface area (Å²) in [5.74, 6) is 0.524. The maximum atomic E-state index is 11.3. The number of hydrogen-bond donors (Lipinski definition) is 2. The van der Waals surface area contributed by atoms with Crippen molar-refractivity contribution in [3.8, 4) is 0 Å². The molecule has 0 aliphatic carbocycles. The Hall–Kier alpha value is -2.96. The number of nitrogens with zero attached hydrogens (tertiary/aromatic N) is 3. The predicted octanol–water partition coefficient (Wildman–Crippen LogP) is 3.68. The molecule has 0 saturated carbocycles. The SMILES string of the molecule is CCCN(C)CCn1c(CCc2ccccc2)nc2cc(C=CC(=O)NO)ccc21. The van der Waals surface area contributed by atoms with Crippen molar-refractivity contribution in [1.82, 2.24) is 19.9 Å². The van der Waals surface area contributed by atoms with E-state index in [0.717, 1.165) is 61.3 Å². The summed E-state index contributed by atoms with van der Waals surface area (Å²) in [6.45, 7) is 5.13. The van der Waals surface area contributed by atoms with Crippen molar-refractivity contribution in [2.45, 2.75) is 32.7 Å². The summed E-state index contributed by atoms with van der Waals surface area (Å²) < 4.78 is 2.32. The highest BCUT2D eigenvalue weighted by atomic mass is 16.5. The number of benzene rings is 2. The summed E-state index contributed by atoms with van der Waals surface area (Å²) in [7, 11) is 2.15. The van der Waals surface area contributed by atoms with E-state index in [-0.39, 0.29) is 0 Å². The quantitative estimate of drug-likeness (QED) is 0.306. The Labute approximate surface area is 177 Å². The number of rotatable bonds is 10. The molecule has 158 valence electrons. The summed E-state index contributed by atoms with van der Waals surface area (Å²) in [5, 5.41) is 8.65. The van der Waals surface area contributed by atoms with Crippen LogP contribution in [0, 0.1) is 0 Å². The molecule has 3 aromatic rings. The molecule has 1 amide bonds. The van der Waals surface area contributed by atoms with Crippen LogP contribution in [0.1, 0.15) is 30.3 Å². The Bertz CT molecular complexity index is 995. The molecule has 0 atom stereocenters. The average Bonchev–Trinajstić information content (AvgIpc) is 3.12. The fraction of sp³-hybridized carbons (Fsp3) is 0.333. The van der Waals surface area contributed by atoms with Crippen LogP contribution in [0.4, 0.5) is 0 Å². The van der Waals surface area contributed by atoms with E-state index in [0.29, 0.717) is 0 Å². The van der Waals surface area contributed by atoms with Crippen molar-refractivity contribution >= 4 is 23.0 Å². The van der Waals surface area contributed by atoms with Gasteiger partial charge in [-0.05, 0) is 55.8 Å². The molecule has 2 N–H and O–H groups in total. The lowest BCUT2D eigenvalue weighted by molar-refractivity contribution is -0.124. The number of carbonyl (C=O) groups excluding carboxylic acids is 1.